The zero-order chi connectivity index (χ0) is 19.9. The molecule has 0 unspecified atom stereocenters. The number of nitrogens with one attached hydrogen (secondary N) is 2. The van der Waals surface area contributed by atoms with E-state index in [1.807, 2.05) is 6.07 Å². The van der Waals surface area contributed by atoms with Crippen LogP contribution in [0.5, 0.6) is 0 Å². The van der Waals surface area contributed by atoms with Gasteiger partial charge in [-0.1, -0.05) is 11.6 Å². The van der Waals surface area contributed by atoms with Gasteiger partial charge in [-0.3, -0.25) is 0 Å². The Balaban J connectivity index is 1.71. The Morgan fingerprint density at radius 2 is 2.14 bits per heavy atom. The second-order valence-corrected chi connectivity index (χ2v) is 9.40. The molecule has 8 nitrogen and oxygen atoms in total. The predicted octanol–water partition coefficient (Wildman–Crippen LogP) is 3.12. The SMILES string of the molecule is CS(=O)(=O)Cc1cc(Nc2cc(NC3CC3)n3ncc(C#N)c3n2)ccc1Cl. The number of nitrogens with zero attached hydrogens (tertiary/aromatic N) is 4. The molecule has 1 fully saturated rings. The molecule has 2 heterocycles. The van der Waals surface area contributed by atoms with E-state index in [4.69, 9.17) is 11.6 Å². The molecular weight excluding hydrogens is 400 g/mol. The fourth-order valence-electron chi connectivity index (χ4n) is 2.84. The summed E-state index contributed by atoms with van der Waals surface area (Å²) in [5.74, 6) is 1.10. The van der Waals surface area contributed by atoms with Crippen molar-refractivity contribution in [2.24, 2.45) is 0 Å². The van der Waals surface area contributed by atoms with Gasteiger partial charge in [0, 0.05) is 29.1 Å². The maximum absolute atomic E-state index is 11.6. The van der Waals surface area contributed by atoms with E-state index in [1.165, 1.54) is 6.20 Å². The van der Waals surface area contributed by atoms with Gasteiger partial charge >= 0.3 is 0 Å². The minimum absolute atomic E-state index is 0.149. The Bertz CT molecular complexity index is 1210. The van der Waals surface area contributed by atoms with Gasteiger partial charge in [-0.2, -0.15) is 14.9 Å². The molecule has 4 rings (SSSR count). The summed E-state index contributed by atoms with van der Waals surface area (Å²) >= 11 is 6.13. The van der Waals surface area contributed by atoms with Gasteiger partial charge in [0.15, 0.2) is 15.5 Å². The van der Waals surface area contributed by atoms with Gasteiger partial charge in [-0.25, -0.2) is 13.4 Å². The molecule has 0 amide bonds. The zero-order valence-corrected chi connectivity index (χ0v) is 16.5. The molecule has 1 aliphatic rings. The summed E-state index contributed by atoms with van der Waals surface area (Å²) < 4.78 is 24.9. The van der Waals surface area contributed by atoms with E-state index >= 15 is 0 Å². The molecule has 0 spiro atoms. The number of hydrogen-bond acceptors (Lipinski definition) is 7. The minimum atomic E-state index is -3.22. The third kappa shape index (κ3) is 4.03. The third-order valence-electron chi connectivity index (χ3n) is 4.26. The average molecular weight is 417 g/mol. The highest BCUT2D eigenvalue weighted by atomic mass is 35.5. The lowest BCUT2D eigenvalue weighted by atomic mass is 10.2. The summed E-state index contributed by atoms with van der Waals surface area (Å²) in [5.41, 5.74) is 1.97. The molecule has 28 heavy (non-hydrogen) atoms. The van der Waals surface area contributed by atoms with Crippen LogP contribution in [-0.4, -0.2) is 35.3 Å². The Morgan fingerprint density at radius 1 is 1.36 bits per heavy atom. The van der Waals surface area contributed by atoms with Crippen molar-refractivity contribution < 1.29 is 8.42 Å². The van der Waals surface area contributed by atoms with E-state index in [-0.39, 0.29) is 5.75 Å². The summed E-state index contributed by atoms with van der Waals surface area (Å²) in [6.45, 7) is 0. The maximum Gasteiger partial charge on any atom is 0.177 e. The Hall–Kier alpha value is -2.83. The number of nitriles is 1. The van der Waals surface area contributed by atoms with Gasteiger partial charge in [0.1, 0.15) is 23.3 Å². The van der Waals surface area contributed by atoms with Crippen LogP contribution in [0.25, 0.3) is 5.65 Å². The average Bonchev–Trinajstić information content (AvgIpc) is 3.33. The second-order valence-electron chi connectivity index (χ2n) is 6.85. The van der Waals surface area contributed by atoms with Crippen molar-refractivity contribution in [2.45, 2.75) is 24.6 Å². The smallest absolute Gasteiger partial charge is 0.177 e. The highest BCUT2D eigenvalue weighted by molar-refractivity contribution is 7.89. The van der Waals surface area contributed by atoms with Crippen molar-refractivity contribution in [3.63, 3.8) is 0 Å². The number of halogens is 1. The first-order valence-electron chi connectivity index (χ1n) is 8.61. The standard InChI is InChI=1S/C18H17ClN6O2S/c1-28(26,27)10-11-6-14(4-5-15(11)19)22-16-7-17(23-13-2-3-13)25-18(24-16)12(8-20)9-21-25/h4-7,9,13,23H,2-3,10H2,1H3,(H,22,24). The van der Waals surface area contributed by atoms with Crippen molar-refractivity contribution in [2.75, 3.05) is 16.9 Å². The monoisotopic (exact) mass is 416 g/mol. The molecule has 0 saturated heterocycles. The number of fused-ring (bicyclic) bond motifs is 1. The summed E-state index contributed by atoms with van der Waals surface area (Å²) in [7, 11) is -3.22. The van der Waals surface area contributed by atoms with Crippen LogP contribution in [0.4, 0.5) is 17.3 Å². The van der Waals surface area contributed by atoms with E-state index < -0.39 is 9.84 Å². The lowest BCUT2D eigenvalue weighted by Gasteiger charge is -2.12. The zero-order valence-electron chi connectivity index (χ0n) is 15.0. The van der Waals surface area contributed by atoms with Gasteiger partial charge in [-0.15, -0.1) is 0 Å². The van der Waals surface area contributed by atoms with Crippen LogP contribution in [0.3, 0.4) is 0 Å². The predicted molar refractivity (Wildman–Crippen MR) is 108 cm³/mol. The van der Waals surface area contributed by atoms with E-state index in [2.05, 4.69) is 26.8 Å². The Morgan fingerprint density at radius 3 is 2.82 bits per heavy atom. The highest BCUT2D eigenvalue weighted by Gasteiger charge is 2.23. The first-order valence-corrected chi connectivity index (χ1v) is 11.0. The first kappa shape index (κ1) is 18.5. The number of sulfone groups is 1. The number of aromatic nitrogens is 3. The van der Waals surface area contributed by atoms with E-state index in [0.717, 1.165) is 24.9 Å². The Kier molecular flexibility index (Phi) is 4.61. The highest BCUT2D eigenvalue weighted by Crippen LogP contribution is 2.29. The van der Waals surface area contributed by atoms with Crippen LogP contribution in [-0.2, 0) is 15.6 Å². The lowest BCUT2D eigenvalue weighted by Crippen LogP contribution is -2.09. The molecule has 0 aliphatic heterocycles. The molecule has 0 atom stereocenters. The summed E-state index contributed by atoms with van der Waals surface area (Å²) in [6.07, 6.45) is 4.82. The number of rotatable bonds is 6. The van der Waals surface area contributed by atoms with Crippen molar-refractivity contribution in [1.82, 2.24) is 14.6 Å². The summed E-state index contributed by atoms with van der Waals surface area (Å²) in [4.78, 5) is 4.49. The van der Waals surface area contributed by atoms with Crippen LogP contribution in [0.1, 0.15) is 24.0 Å². The van der Waals surface area contributed by atoms with Gasteiger partial charge in [0.25, 0.3) is 0 Å². The van der Waals surface area contributed by atoms with Gasteiger partial charge < -0.3 is 10.6 Å². The topological polar surface area (TPSA) is 112 Å². The largest absolute Gasteiger partial charge is 0.367 e. The van der Waals surface area contributed by atoms with Gasteiger partial charge in [0.2, 0.25) is 0 Å². The van der Waals surface area contributed by atoms with Crippen molar-refractivity contribution in [3.05, 3.63) is 46.6 Å². The minimum Gasteiger partial charge on any atom is -0.367 e. The summed E-state index contributed by atoms with van der Waals surface area (Å²) in [5, 5.41) is 20.5. The fourth-order valence-corrected chi connectivity index (χ4v) is 3.91. The molecule has 10 heteroatoms. The van der Waals surface area contributed by atoms with Crippen molar-refractivity contribution >= 4 is 44.4 Å². The van der Waals surface area contributed by atoms with Crippen LogP contribution in [0.15, 0.2) is 30.5 Å². The fraction of sp³-hybridized carbons (Fsp3) is 0.278. The molecule has 144 valence electrons. The molecule has 2 aromatic heterocycles. The van der Waals surface area contributed by atoms with Gasteiger partial charge in [0.05, 0.1) is 11.9 Å². The van der Waals surface area contributed by atoms with Crippen LogP contribution < -0.4 is 10.6 Å². The lowest BCUT2D eigenvalue weighted by molar-refractivity contribution is 0.601. The van der Waals surface area contributed by atoms with E-state index in [1.54, 1.807) is 22.7 Å². The van der Waals surface area contributed by atoms with E-state index in [9.17, 15) is 13.7 Å². The molecular formula is C18H17ClN6O2S. The molecule has 3 aromatic rings. The first-order chi connectivity index (χ1) is 13.3. The quantitative estimate of drug-likeness (QED) is 0.634. The normalized spacial score (nSPS) is 14.0. The van der Waals surface area contributed by atoms with Crippen LogP contribution >= 0.6 is 11.6 Å². The van der Waals surface area contributed by atoms with Crippen molar-refractivity contribution in [1.29, 1.82) is 5.26 Å². The molecule has 2 N–H and O–H groups in total. The molecule has 0 bridgehead atoms. The van der Waals surface area contributed by atoms with Crippen molar-refractivity contribution in [3.8, 4) is 6.07 Å². The van der Waals surface area contributed by atoms with E-state index in [0.29, 0.717) is 39.3 Å². The summed E-state index contributed by atoms with van der Waals surface area (Å²) in [6, 6.07) is 9.37. The van der Waals surface area contributed by atoms with Crippen LogP contribution in [0.2, 0.25) is 5.02 Å². The number of benzene rings is 1. The third-order valence-corrected chi connectivity index (χ3v) is 5.46. The molecule has 1 saturated carbocycles. The second kappa shape index (κ2) is 6.96. The Labute approximate surface area is 167 Å². The van der Waals surface area contributed by atoms with Crippen LogP contribution in [0, 0.1) is 11.3 Å². The number of hydrogen-bond donors (Lipinski definition) is 2. The van der Waals surface area contributed by atoms with Gasteiger partial charge in [-0.05, 0) is 36.6 Å². The molecule has 1 aliphatic carbocycles. The molecule has 0 radical (unpaired) electrons. The molecule has 1 aromatic carbocycles. The number of anilines is 3. The maximum atomic E-state index is 11.6.